The third-order valence-electron chi connectivity index (χ3n) is 3.30. The lowest BCUT2D eigenvalue weighted by Gasteiger charge is -2.19. The van der Waals surface area contributed by atoms with Crippen LogP contribution in [-0.4, -0.2) is 15.5 Å². The molecule has 0 fully saturated rings. The van der Waals surface area contributed by atoms with Crippen LogP contribution in [0.5, 0.6) is 0 Å². The molecule has 2 N–H and O–H groups in total. The quantitative estimate of drug-likeness (QED) is 0.751. The molecule has 0 saturated carbocycles. The molecule has 3 rings (SSSR count). The first-order chi connectivity index (χ1) is 8.92. The van der Waals surface area contributed by atoms with E-state index in [1.165, 1.54) is 16.8 Å². The highest BCUT2D eigenvalue weighted by Gasteiger charge is 2.23. The van der Waals surface area contributed by atoms with Crippen LogP contribution in [0.4, 0.5) is 0 Å². The summed E-state index contributed by atoms with van der Waals surface area (Å²) in [6.45, 7) is 7.22. The van der Waals surface area contributed by atoms with Gasteiger partial charge in [0.15, 0.2) is 0 Å². The van der Waals surface area contributed by atoms with E-state index in [-0.39, 0.29) is 5.54 Å². The number of aromatic amines is 1. The minimum absolute atomic E-state index is 0.0999. The zero-order valence-electron chi connectivity index (χ0n) is 11.5. The van der Waals surface area contributed by atoms with E-state index < -0.39 is 0 Å². The van der Waals surface area contributed by atoms with Crippen LogP contribution in [0.3, 0.4) is 0 Å². The number of nitrogens with one attached hydrogen (secondary N) is 2. The van der Waals surface area contributed by atoms with E-state index in [0.717, 1.165) is 29.5 Å². The van der Waals surface area contributed by atoms with Crippen LogP contribution in [0, 0.1) is 0 Å². The fraction of sp³-hybridized carbons (Fsp3) is 0.400. The van der Waals surface area contributed by atoms with Crippen molar-refractivity contribution in [1.82, 2.24) is 15.3 Å². The van der Waals surface area contributed by atoms with E-state index in [1.54, 1.807) is 0 Å². The molecule has 3 nitrogen and oxygen atoms in total. The van der Waals surface area contributed by atoms with Crippen LogP contribution in [0.15, 0.2) is 18.2 Å². The average molecular weight is 276 g/mol. The summed E-state index contributed by atoms with van der Waals surface area (Å²) < 4.78 is 0. The summed E-state index contributed by atoms with van der Waals surface area (Å²) in [6, 6.07) is 6.02. The Kier molecular flexibility index (Phi) is 2.91. The van der Waals surface area contributed by atoms with Gasteiger partial charge in [-0.15, -0.1) is 0 Å². The molecule has 2 aromatic rings. The van der Waals surface area contributed by atoms with Gasteiger partial charge in [0.05, 0.1) is 12.2 Å². The highest BCUT2D eigenvalue weighted by molar-refractivity contribution is 6.30. The summed E-state index contributed by atoms with van der Waals surface area (Å²) in [6.07, 6.45) is 0.897. The third-order valence-corrected chi connectivity index (χ3v) is 3.54. The van der Waals surface area contributed by atoms with Crippen LogP contribution in [0.25, 0.3) is 11.3 Å². The monoisotopic (exact) mass is 275 g/mol. The number of rotatable bonds is 2. The van der Waals surface area contributed by atoms with Crippen LogP contribution < -0.4 is 5.32 Å². The number of nitrogens with zero attached hydrogens (tertiary/aromatic N) is 1. The Bertz CT molecular complexity index is 623. The van der Waals surface area contributed by atoms with Gasteiger partial charge < -0.3 is 10.3 Å². The van der Waals surface area contributed by atoms with Crippen molar-refractivity contribution >= 4 is 11.6 Å². The average Bonchev–Trinajstić information content (AvgIpc) is 2.81. The number of fused-ring (bicyclic) bond motifs is 3. The molecular formula is C15H18ClN3. The van der Waals surface area contributed by atoms with Gasteiger partial charge in [-0.1, -0.05) is 17.7 Å². The summed E-state index contributed by atoms with van der Waals surface area (Å²) >= 11 is 6.02. The van der Waals surface area contributed by atoms with Crippen LogP contribution in [0.2, 0.25) is 5.02 Å². The van der Waals surface area contributed by atoms with Gasteiger partial charge >= 0.3 is 0 Å². The fourth-order valence-corrected chi connectivity index (χ4v) is 2.57. The van der Waals surface area contributed by atoms with Crippen molar-refractivity contribution in [2.75, 3.05) is 0 Å². The molecule has 0 spiro atoms. The topological polar surface area (TPSA) is 40.7 Å². The normalized spacial score (nSPS) is 13.5. The number of benzene rings is 1. The third kappa shape index (κ3) is 2.53. The van der Waals surface area contributed by atoms with E-state index in [9.17, 15) is 0 Å². The summed E-state index contributed by atoms with van der Waals surface area (Å²) in [5, 5.41) is 4.24. The maximum atomic E-state index is 6.02. The molecule has 0 atom stereocenters. The van der Waals surface area contributed by atoms with Crippen molar-refractivity contribution in [1.29, 1.82) is 0 Å². The first-order valence-corrected chi connectivity index (χ1v) is 6.92. The standard InChI is InChI=1S/C15H18ClN3/c1-15(2,3)17-8-13-18-12-7-9-6-10(16)4-5-11(9)14(12)19-13/h4-6,17H,7-8H2,1-3H3,(H,18,19). The predicted molar refractivity (Wildman–Crippen MR) is 78.4 cm³/mol. The van der Waals surface area contributed by atoms with Gasteiger partial charge in [0, 0.05) is 28.2 Å². The summed E-state index contributed by atoms with van der Waals surface area (Å²) in [5.74, 6) is 1.00. The molecule has 19 heavy (non-hydrogen) atoms. The second-order valence-corrected chi connectivity index (χ2v) is 6.53. The molecule has 0 bridgehead atoms. The SMILES string of the molecule is CC(C)(C)NCc1nc2c([nH]1)Cc1cc(Cl)ccc1-2. The van der Waals surface area contributed by atoms with Crippen LogP contribution in [-0.2, 0) is 13.0 Å². The predicted octanol–water partition coefficient (Wildman–Crippen LogP) is 3.52. The van der Waals surface area contributed by atoms with E-state index >= 15 is 0 Å². The van der Waals surface area contributed by atoms with Gasteiger partial charge in [-0.3, -0.25) is 0 Å². The molecule has 1 aromatic heterocycles. The Morgan fingerprint density at radius 2 is 2.16 bits per heavy atom. The van der Waals surface area contributed by atoms with Gasteiger partial charge in [-0.25, -0.2) is 4.98 Å². The van der Waals surface area contributed by atoms with Crippen molar-refractivity contribution in [3.05, 3.63) is 40.3 Å². The highest BCUT2D eigenvalue weighted by Crippen LogP contribution is 2.36. The Balaban J connectivity index is 1.85. The molecule has 0 aliphatic heterocycles. The first-order valence-electron chi connectivity index (χ1n) is 6.54. The second-order valence-electron chi connectivity index (χ2n) is 6.09. The molecule has 100 valence electrons. The maximum Gasteiger partial charge on any atom is 0.121 e. The van der Waals surface area contributed by atoms with Gasteiger partial charge in [-0.05, 0) is 38.5 Å². The smallest absolute Gasteiger partial charge is 0.121 e. The number of imidazole rings is 1. The minimum atomic E-state index is 0.0999. The number of hydrogen-bond acceptors (Lipinski definition) is 2. The molecule has 0 radical (unpaired) electrons. The lowest BCUT2D eigenvalue weighted by atomic mass is 10.1. The van der Waals surface area contributed by atoms with Crippen molar-refractivity contribution in [3.63, 3.8) is 0 Å². The molecule has 1 aliphatic carbocycles. The molecule has 1 heterocycles. The largest absolute Gasteiger partial charge is 0.344 e. The summed E-state index contributed by atoms with van der Waals surface area (Å²) in [5.41, 5.74) is 4.84. The highest BCUT2D eigenvalue weighted by atomic mass is 35.5. The van der Waals surface area contributed by atoms with Crippen LogP contribution in [0.1, 0.15) is 37.9 Å². The fourth-order valence-electron chi connectivity index (χ4n) is 2.38. The molecule has 0 amide bonds. The van der Waals surface area contributed by atoms with E-state index in [2.05, 4.69) is 37.1 Å². The molecule has 0 unspecified atom stereocenters. The van der Waals surface area contributed by atoms with Crippen molar-refractivity contribution < 1.29 is 0 Å². The minimum Gasteiger partial charge on any atom is -0.344 e. The number of aromatic nitrogens is 2. The van der Waals surface area contributed by atoms with Crippen LogP contribution >= 0.6 is 11.6 Å². The zero-order chi connectivity index (χ0) is 13.6. The second kappa shape index (κ2) is 4.36. The molecule has 0 saturated heterocycles. The molecule has 1 aliphatic rings. The van der Waals surface area contributed by atoms with E-state index in [1.807, 2.05) is 12.1 Å². The molecule has 1 aromatic carbocycles. The van der Waals surface area contributed by atoms with E-state index in [4.69, 9.17) is 16.6 Å². The zero-order valence-corrected chi connectivity index (χ0v) is 12.2. The maximum absolute atomic E-state index is 6.02. The Labute approximate surface area is 118 Å². The van der Waals surface area contributed by atoms with E-state index in [0.29, 0.717) is 0 Å². The number of hydrogen-bond donors (Lipinski definition) is 2. The van der Waals surface area contributed by atoms with Crippen molar-refractivity contribution in [3.8, 4) is 11.3 Å². The first kappa shape index (κ1) is 12.7. The van der Waals surface area contributed by atoms with Gasteiger partial charge in [0.2, 0.25) is 0 Å². The Morgan fingerprint density at radius 1 is 1.37 bits per heavy atom. The summed E-state index contributed by atoms with van der Waals surface area (Å²) in [4.78, 5) is 8.12. The van der Waals surface area contributed by atoms with Crippen molar-refractivity contribution in [2.45, 2.75) is 39.3 Å². The van der Waals surface area contributed by atoms with Gasteiger partial charge in [-0.2, -0.15) is 0 Å². The molecule has 4 heteroatoms. The Morgan fingerprint density at radius 3 is 2.89 bits per heavy atom. The Hall–Kier alpha value is -1.32. The van der Waals surface area contributed by atoms with Gasteiger partial charge in [0.25, 0.3) is 0 Å². The lowest BCUT2D eigenvalue weighted by Crippen LogP contribution is -2.35. The number of H-pyrrole nitrogens is 1. The lowest BCUT2D eigenvalue weighted by molar-refractivity contribution is 0.418. The molecular weight excluding hydrogens is 258 g/mol. The van der Waals surface area contributed by atoms with Gasteiger partial charge in [0.1, 0.15) is 5.82 Å². The summed E-state index contributed by atoms with van der Waals surface area (Å²) in [7, 11) is 0. The van der Waals surface area contributed by atoms with Crippen molar-refractivity contribution in [2.24, 2.45) is 0 Å². The number of halogens is 1.